The van der Waals surface area contributed by atoms with Crippen molar-refractivity contribution in [3.63, 3.8) is 0 Å². The standard InChI is InChI=1S/C24H18BrIN2O3/c1-30-22-13-17(11-18(14-27)24(29)28-20-5-3-2-4-6-20)12-21(25)23(22)31-15-16-7-9-19(26)10-8-16/h2-13H,15H2,1H3,(H,28,29)/b18-11-. The number of nitrogens with one attached hydrogen (secondary N) is 1. The Bertz CT molecular complexity index is 1140. The SMILES string of the molecule is COc1cc(/C=C(/C#N)C(=O)Nc2ccccc2)cc(Br)c1OCc1ccc(I)cc1. The molecule has 0 aromatic heterocycles. The number of hydrogen-bond donors (Lipinski definition) is 1. The van der Waals surface area contributed by atoms with Crippen LogP contribution in [0.4, 0.5) is 5.69 Å². The molecule has 1 amide bonds. The summed E-state index contributed by atoms with van der Waals surface area (Å²) in [5, 5.41) is 12.2. The minimum atomic E-state index is -0.483. The van der Waals surface area contributed by atoms with Gasteiger partial charge in [-0.25, -0.2) is 0 Å². The van der Waals surface area contributed by atoms with Gasteiger partial charge in [0.2, 0.25) is 0 Å². The van der Waals surface area contributed by atoms with Gasteiger partial charge in [0.05, 0.1) is 11.6 Å². The summed E-state index contributed by atoms with van der Waals surface area (Å²) in [7, 11) is 1.54. The van der Waals surface area contributed by atoms with Gasteiger partial charge in [0, 0.05) is 9.26 Å². The second-order valence-corrected chi connectivity index (χ2v) is 8.54. The van der Waals surface area contributed by atoms with E-state index in [2.05, 4.69) is 43.8 Å². The number of carbonyl (C=O) groups excluding carboxylic acids is 1. The van der Waals surface area contributed by atoms with Crippen molar-refractivity contribution in [3.8, 4) is 17.6 Å². The fourth-order valence-electron chi connectivity index (χ4n) is 2.73. The first-order valence-electron chi connectivity index (χ1n) is 9.23. The summed E-state index contributed by atoms with van der Waals surface area (Å²) in [5.74, 6) is 0.556. The lowest BCUT2D eigenvalue weighted by Gasteiger charge is -2.14. The molecule has 5 nitrogen and oxygen atoms in total. The highest BCUT2D eigenvalue weighted by Gasteiger charge is 2.14. The van der Waals surface area contributed by atoms with Gasteiger partial charge in [0.1, 0.15) is 18.2 Å². The average Bonchev–Trinajstić information content (AvgIpc) is 2.78. The molecule has 31 heavy (non-hydrogen) atoms. The Morgan fingerprint density at radius 3 is 2.52 bits per heavy atom. The monoisotopic (exact) mass is 588 g/mol. The zero-order valence-electron chi connectivity index (χ0n) is 16.6. The molecule has 0 aliphatic heterocycles. The third-order valence-electron chi connectivity index (χ3n) is 4.26. The van der Waals surface area contributed by atoms with Crippen LogP contribution in [0.1, 0.15) is 11.1 Å². The van der Waals surface area contributed by atoms with E-state index >= 15 is 0 Å². The number of rotatable bonds is 7. The van der Waals surface area contributed by atoms with Crippen molar-refractivity contribution >= 4 is 56.2 Å². The first-order chi connectivity index (χ1) is 15.0. The van der Waals surface area contributed by atoms with Crippen LogP contribution in [0.2, 0.25) is 0 Å². The number of benzene rings is 3. The molecule has 1 N–H and O–H groups in total. The van der Waals surface area contributed by atoms with Crippen molar-refractivity contribution < 1.29 is 14.3 Å². The fraction of sp³-hybridized carbons (Fsp3) is 0.0833. The quantitative estimate of drug-likeness (QED) is 0.203. The van der Waals surface area contributed by atoms with Gasteiger partial charge in [0.25, 0.3) is 5.91 Å². The van der Waals surface area contributed by atoms with Crippen molar-refractivity contribution in [2.24, 2.45) is 0 Å². The molecule has 0 radical (unpaired) electrons. The maximum Gasteiger partial charge on any atom is 0.266 e. The molecule has 0 unspecified atom stereocenters. The molecule has 0 saturated carbocycles. The summed E-state index contributed by atoms with van der Waals surface area (Å²) >= 11 is 5.76. The molecule has 3 aromatic rings. The molecule has 7 heteroatoms. The first-order valence-corrected chi connectivity index (χ1v) is 11.1. The topological polar surface area (TPSA) is 71.3 Å². The summed E-state index contributed by atoms with van der Waals surface area (Å²) in [5.41, 5.74) is 2.25. The van der Waals surface area contributed by atoms with Gasteiger partial charge in [-0.05, 0) is 92.1 Å². The number of carbonyl (C=O) groups is 1. The summed E-state index contributed by atoms with van der Waals surface area (Å²) in [6.45, 7) is 0.379. The van der Waals surface area contributed by atoms with Crippen LogP contribution in [0.25, 0.3) is 6.08 Å². The highest BCUT2D eigenvalue weighted by Crippen LogP contribution is 2.37. The maximum atomic E-state index is 12.5. The molecule has 0 saturated heterocycles. The number of amides is 1. The fourth-order valence-corrected chi connectivity index (χ4v) is 3.67. The van der Waals surface area contributed by atoms with E-state index < -0.39 is 5.91 Å². The van der Waals surface area contributed by atoms with Gasteiger partial charge in [0.15, 0.2) is 11.5 Å². The van der Waals surface area contributed by atoms with Crippen LogP contribution in [0.5, 0.6) is 11.5 Å². The number of methoxy groups -OCH3 is 1. The van der Waals surface area contributed by atoms with Crippen molar-refractivity contribution in [3.05, 3.63) is 91.5 Å². The van der Waals surface area contributed by atoms with Gasteiger partial charge >= 0.3 is 0 Å². The minimum absolute atomic E-state index is 0.0228. The van der Waals surface area contributed by atoms with Gasteiger partial charge in [-0.1, -0.05) is 30.3 Å². The van der Waals surface area contributed by atoms with Crippen molar-refractivity contribution in [1.29, 1.82) is 5.26 Å². The third kappa shape index (κ3) is 6.32. The first kappa shape index (κ1) is 22.8. The van der Waals surface area contributed by atoms with E-state index in [1.54, 1.807) is 31.4 Å². The molecule has 0 bridgehead atoms. The highest BCUT2D eigenvalue weighted by atomic mass is 127. The third-order valence-corrected chi connectivity index (χ3v) is 5.56. The summed E-state index contributed by atoms with van der Waals surface area (Å²) in [4.78, 5) is 12.5. The van der Waals surface area contributed by atoms with Crippen LogP contribution in [-0.2, 0) is 11.4 Å². The van der Waals surface area contributed by atoms with Gasteiger partial charge in [-0.2, -0.15) is 5.26 Å². The molecule has 0 aliphatic rings. The average molecular weight is 589 g/mol. The van der Waals surface area contributed by atoms with Crippen molar-refractivity contribution in [2.75, 3.05) is 12.4 Å². The van der Waals surface area contributed by atoms with Crippen LogP contribution in [0, 0.1) is 14.9 Å². The summed E-state index contributed by atoms with van der Waals surface area (Å²) < 4.78 is 13.2. The Morgan fingerprint density at radius 1 is 1.16 bits per heavy atom. The second kappa shape index (κ2) is 11.0. The lowest BCUT2D eigenvalue weighted by molar-refractivity contribution is -0.112. The predicted molar refractivity (Wildman–Crippen MR) is 133 cm³/mol. The van der Waals surface area contributed by atoms with Crippen LogP contribution < -0.4 is 14.8 Å². The van der Waals surface area contributed by atoms with Crippen LogP contribution in [0.15, 0.2) is 76.8 Å². The number of ether oxygens (including phenoxy) is 2. The van der Waals surface area contributed by atoms with E-state index in [9.17, 15) is 10.1 Å². The molecule has 3 rings (SSSR count). The molecule has 0 fully saturated rings. The largest absolute Gasteiger partial charge is 0.493 e. The van der Waals surface area contributed by atoms with Crippen LogP contribution in [0.3, 0.4) is 0 Å². The Balaban J connectivity index is 1.81. The number of halogens is 2. The summed E-state index contributed by atoms with van der Waals surface area (Å²) in [6.07, 6.45) is 1.51. The zero-order chi connectivity index (χ0) is 22.2. The van der Waals surface area contributed by atoms with E-state index in [0.717, 1.165) is 9.13 Å². The maximum absolute atomic E-state index is 12.5. The zero-order valence-corrected chi connectivity index (χ0v) is 20.3. The number of nitrogens with zero attached hydrogens (tertiary/aromatic N) is 1. The van der Waals surface area contributed by atoms with E-state index in [1.807, 2.05) is 48.5 Å². The van der Waals surface area contributed by atoms with Crippen molar-refractivity contribution in [2.45, 2.75) is 6.61 Å². The Labute approximate surface area is 203 Å². The molecule has 0 atom stereocenters. The molecule has 156 valence electrons. The predicted octanol–water partition coefficient (Wildman–Crippen LogP) is 6.19. The van der Waals surface area contributed by atoms with E-state index in [1.165, 1.54) is 6.08 Å². The molecule has 3 aromatic carbocycles. The number of hydrogen-bond acceptors (Lipinski definition) is 4. The van der Waals surface area contributed by atoms with Crippen molar-refractivity contribution in [1.82, 2.24) is 0 Å². The Kier molecular flexibility index (Phi) is 8.09. The lowest BCUT2D eigenvalue weighted by atomic mass is 10.1. The summed E-state index contributed by atoms with van der Waals surface area (Å²) in [6, 6.07) is 22.5. The second-order valence-electron chi connectivity index (χ2n) is 6.44. The van der Waals surface area contributed by atoms with Gasteiger partial charge in [-0.3, -0.25) is 4.79 Å². The lowest BCUT2D eigenvalue weighted by Crippen LogP contribution is -2.13. The van der Waals surface area contributed by atoms with E-state index in [0.29, 0.717) is 33.8 Å². The number of anilines is 1. The molecular weight excluding hydrogens is 571 g/mol. The molecule has 0 spiro atoms. The van der Waals surface area contributed by atoms with E-state index in [4.69, 9.17) is 9.47 Å². The normalized spacial score (nSPS) is 10.8. The highest BCUT2D eigenvalue weighted by molar-refractivity contribution is 14.1. The number of nitriles is 1. The Hall–Kier alpha value is -2.83. The van der Waals surface area contributed by atoms with Crippen LogP contribution in [-0.4, -0.2) is 13.0 Å². The number of para-hydroxylation sites is 1. The van der Waals surface area contributed by atoms with Gasteiger partial charge in [-0.15, -0.1) is 0 Å². The van der Waals surface area contributed by atoms with Gasteiger partial charge < -0.3 is 14.8 Å². The Morgan fingerprint density at radius 2 is 1.87 bits per heavy atom. The molecular formula is C24H18BrIN2O3. The van der Waals surface area contributed by atoms with Crippen LogP contribution >= 0.6 is 38.5 Å². The smallest absolute Gasteiger partial charge is 0.266 e. The molecule has 0 heterocycles. The molecule has 0 aliphatic carbocycles. The van der Waals surface area contributed by atoms with E-state index in [-0.39, 0.29) is 5.57 Å². The minimum Gasteiger partial charge on any atom is -0.493 e.